The number of unbranched alkanes of at least 4 members (excludes halogenated alkanes) is 2. The van der Waals surface area contributed by atoms with E-state index in [2.05, 4.69) is 4.57 Å². The quantitative estimate of drug-likeness (QED) is 0.283. The molecule has 1 aliphatic rings. The normalized spacial score (nSPS) is 14.3. The van der Waals surface area contributed by atoms with E-state index < -0.39 is 8.38 Å². The van der Waals surface area contributed by atoms with Crippen LogP contribution >= 0.6 is 8.38 Å². The molecule has 3 aromatic rings. The number of imidazole rings is 1. The van der Waals surface area contributed by atoms with Crippen molar-refractivity contribution in [2.75, 3.05) is 20.4 Å². The molecule has 1 aromatic heterocycles. The second-order valence-corrected chi connectivity index (χ2v) is 8.82. The van der Waals surface area contributed by atoms with Crippen LogP contribution in [0.25, 0.3) is 11.0 Å². The molecule has 32 heavy (non-hydrogen) atoms. The van der Waals surface area contributed by atoms with E-state index in [-0.39, 0.29) is 18.4 Å². The van der Waals surface area contributed by atoms with Gasteiger partial charge in [-0.1, -0.05) is 12.1 Å². The number of benzene rings is 2. The van der Waals surface area contributed by atoms with E-state index in [1.54, 1.807) is 38.0 Å². The van der Waals surface area contributed by atoms with Crippen molar-refractivity contribution in [3.05, 3.63) is 59.4 Å². The third-order valence-electron chi connectivity index (χ3n) is 5.52. The van der Waals surface area contributed by atoms with Gasteiger partial charge in [0.25, 0.3) is 11.8 Å². The highest BCUT2D eigenvalue weighted by atomic mass is 31.2. The summed E-state index contributed by atoms with van der Waals surface area (Å²) in [6.45, 7) is 2.98. The Bertz CT molecular complexity index is 1110. The number of methoxy groups -OCH3 is 1. The van der Waals surface area contributed by atoms with Crippen LogP contribution in [-0.4, -0.2) is 51.5 Å². The number of aromatic nitrogens is 2. The number of imide groups is 1. The monoisotopic (exact) mass is 455 g/mol. The number of aryl methyl sites for hydroxylation is 1. The number of ether oxygens (including phenoxy) is 1. The van der Waals surface area contributed by atoms with E-state index in [1.165, 1.54) is 4.90 Å². The van der Waals surface area contributed by atoms with Crippen molar-refractivity contribution < 1.29 is 23.7 Å². The van der Waals surface area contributed by atoms with Crippen LogP contribution in [0.5, 0.6) is 5.75 Å². The fraction of sp³-hybridized carbons (Fsp3) is 0.348. The van der Waals surface area contributed by atoms with Crippen LogP contribution < -0.4 is 4.74 Å². The van der Waals surface area contributed by atoms with Crippen molar-refractivity contribution >= 4 is 31.2 Å². The molecule has 4 rings (SSSR count). The molecule has 0 spiro atoms. The van der Waals surface area contributed by atoms with Gasteiger partial charge < -0.3 is 18.7 Å². The standard InChI is InChI=1S/C23H26N3O5P/c1-30-16-10-11-19-20(14-16)25(12-6-3-7-13-31-32(2)29)21(24-19)15-26-22(27)17-8-4-5-9-18(17)23(26)28/h4-5,8-11,14,29H,3,6-7,12-13,15H2,1-2H3. The topological polar surface area (TPSA) is 93.9 Å². The molecule has 1 unspecified atom stereocenters. The first-order chi connectivity index (χ1) is 15.5. The summed E-state index contributed by atoms with van der Waals surface area (Å²) in [7, 11) is 0.290. The molecule has 8 nitrogen and oxygen atoms in total. The fourth-order valence-corrected chi connectivity index (χ4v) is 4.31. The maximum Gasteiger partial charge on any atom is 0.261 e. The molecule has 0 saturated heterocycles. The molecular weight excluding hydrogens is 429 g/mol. The maximum atomic E-state index is 12.8. The average Bonchev–Trinajstić information content (AvgIpc) is 3.25. The number of fused-ring (bicyclic) bond motifs is 2. The zero-order valence-corrected chi connectivity index (χ0v) is 19.0. The summed E-state index contributed by atoms with van der Waals surface area (Å²) < 4.78 is 12.7. The Kier molecular flexibility index (Phi) is 6.84. The van der Waals surface area contributed by atoms with Crippen LogP contribution in [0.3, 0.4) is 0 Å². The molecule has 0 radical (unpaired) electrons. The van der Waals surface area contributed by atoms with Crippen LogP contribution in [-0.2, 0) is 17.6 Å². The Balaban J connectivity index is 1.56. The van der Waals surface area contributed by atoms with Gasteiger partial charge in [0.15, 0.2) is 8.38 Å². The largest absolute Gasteiger partial charge is 0.497 e. The summed E-state index contributed by atoms with van der Waals surface area (Å²) in [5.41, 5.74) is 2.56. The van der Waals surface area contributed by atoms with Crippen molar-refractivity contribution in [3.8, 4) is 5.75 Å². The fourth-order valence-electron chi connectivity index (χ4n) is 3.92. The zero-order valence-electron chi connectivity index (χ0n) is 18.2. The minimum Gasteiger partial charge on any atom is -0.497 e. The molecule has 0 fully saturated rings. The summed E-state index contributed by atoms with van der Waals surface area (Å²) in [4.78, 5) is 40.9. The van der Waals surface area contributed by atoms with Crippen molar-refractivity contribution in [2.24, 2.45) is 0 Å². The summed E-state index contributed by atoms with van der Waals surface area (Å²) in [6.07, 6.45) is 2.63. The number of amides is 2. The van der Waals surface area contributed by atoms with E-state index in [4.69, 9.17) is 14.2 Å². The van der Waals surface area contributed by atoms with Gasteiger partial charge in [-0.25, -0.2) is 4.98 Å². The van der Waals surface area contributed by atoms with Crippen LogP contribution in [0.4, 0.5) is 0 Å². The van der Waals surface area contributed by atoms with Crippen molar-refractivity contribution in [1.82, 2.24) is 14.5 Å². The molecule has 0 bridgehead atoms. The smallest absolute Gasteiger partial charge is 0.261 e. The molecular formula is C23H26N3O5P. The SMILES string of the molecule is COc1ccc2nc(CN3C(=O)c4ccccc4C3=O)n(CCCCCOP(C)O)c2c1. The number of rotatable bonds is 10. The van der Waals surface area contributed by atoms with E-state index in [0.717, 1.165) is 36.0 Å². The molecule has 1 aliphatic heterocycles. The maximum absolute atomic E-state index is 12.8. The van der Waals surface area contributed by atoms with E-state index in [1.807, 2.05) is 18.2 Å². The lowest BCUT2D eigenvalue weighted by Gasteiger charge is -2.15. The van der Waals surface area contributed by atoms with Crippen LogP contribution in [0.15, 0.2) is 42.5 Å². The molecule has 0 saturated carbocycles. The van der Waals surface area contributed by atoms with Crippen LogP contribution in [0.1, 0.15) is 45.8 Å². The molecule has 9 heteroatoms. The predicted molar refractivity (Wildman–Crippen MR) is 122 cm³/mol. The summed E-state index contributed by atoms with van der Waals surface area (Å²) in [5.74, 6) is 0.794. The van der Waals surface area contributed by atoms with Gasteiger partial charge >= 0.3 is 0 Å². The van der Waals surface area contributed by atoms with Gasteiger partial charge in [0.1, 0.15) is 11.6 Å². The lowest BCUT2D eigenvalue weighted by Crippen LogP contribution is -2.30. The zero-order chi connectivity index (χ0) is 22.7. The van der Waals surface area contributed by atoms with Gasteiger partial charge in [0.05, 0.1) is 42.4 Å². The first-order valence-corrected chi connectivity index (χ1v) is 12.2. The number of nitrogens with zero attached hydrogens (tertiary/aromatic N) is 3. The molecule has 1 N–H and O–H groups in total. The molecule has 0 aliphatic carbocycles. The highest BCUT2D eigenvalue weighted by Crippen LogP contribution is 2.28. The van der Waals surface area contributed by atoms with Gasteiger partial charge in [0.2, 0.25) is 0 Å². The van der Waals surface area contributed by atoms with E-state index in [0.29, 0.717) is 30.1 Å². The molecule has 2 aromatic carbocycles. The lowest BCUT2D eigenvalue weighted by molar-refractivity contribution is 0.0636. The van der Waals surface area contributed by atoms with Gasteiger partial charge in [0, 0.05) is 19.3 Å². The third-order valence-corrected chi connectivity index (χ3v) is 6.07. The Morgan fingerprint density at radius 3 is 2.41 bits per heavy atom. The summed E-state index contributed by atoms with van der Waals surface area (Å²) in [5, 5.41) is 0. The first-order valence-electron chi connectivity index (χ1n) is 10.5. The minimum absolute atomic E-state index is 0.108. The predicted octanol–water partition coefficient (Wildman–Crippen LogP) is 3.96. The molecule has 168 valence electrons. The Labute approximate surface area is 187 Å². The van der Waals surface area contributed by atoms with Gasteiger partial charge in [-0.2, -0.15) is 0 Å². The van der Waals surface area contributed by atoms with E-state index >= 15 is 0 Å². The number of carbonyl (C=O) groups excluding carboxylic acids is 2. The molecule has 2 amide bonds. The van der Waals surface area contributed by atoms with Crippen molar-refractivity contribution in [1.29, 1.82) is 0 Å². The number of hydrogen-bond acceptors (Lipinski definition) is 6. The van der Waals surface area contributed by atoms with Crippen LogP contribution in [0, 0.1) is 0 Å². The highest BCUT2D eigenvalue weighted by molar-refractivity contribution is 7.45. The molecule has 2 heterocycles. The van der Waals surface area contributed by atoms with Crippen LogP contribution in [0.2, 0.25) is 0 Å². The van der Waals surface area contributed by atoms with Gasteiger partial charge in [-0.3, -0.25) is 14.5 Å². The summed E-state index contributed by atoms with van der Waals surface area (Å²) in [6, 6.07) is 12.5. The van der Waals surface area contributed by atoms with Gasteiger partial charge in [-0.05, 0) is 43.5 Å². The Morgan fingerprint density at radius 2 is 1.75 bits per heavy atom. The first kappa shape index (κ1) is 22.4. The lowest BCUT2D eigenvalue weighted by atomic mass is 10.1. The Morgan fingerprint density at radius 1 is 1.03 bits per heavy atom. The average molecular weight is 455 g/mol. The van der Waals surface area contributed by atoms with Crippen molar-refractivity contribution in [3.63, 3.8) is 0 Å². The highest BCUT2D eigenvalue weighted by Gasteiger charge is 2.36. The van der Waals surface area contributed by atoms with Crippen molar-refractivity contribution in [2.45, 2.75) is 32.4 Å². The summed E-state index contributed by atoms with van der Waals surface area (Å²) >= 11 is 0. The Hall–Kier alpha value is -2.80. The second-order valence-electron chi connectivity index (χ2n) is 7.63. The third kappa shape index (κ3) is 4.53. The number of hydrogen-bond donors (Lipinski definition) is 1. The second kappa shape index (κ2) is 9.77. The minimum atomic E-state index is -1.33. The van der Waals surface area contributed by atoms with Gasteiger partial charge in [-0.15, -0.1) is 0 Å². The number of carbonyl (C=O) groups is 2. The van der Waals surface area contributed by atoms with E-state index in [9.17, 15) is 14.5 Å². The molecule has 1 atom stereocenters.